The molecule has 2 aromatic rings. The van der Waals surface area contributed by atoms with E-state index >= 15 is 0 Å². The Kier molecular flexibility index (Phi) is 6.74. The van der Waals surface area contributed by atoms with Gasteiger partial charge in [-0.25, -0.2) is 0 Å². The van der Waals surface area contributed by atoms with E-state index in [1.165, 1.54) is 23.0 Å². The maximum atomic E-state index is 13.4. The van der Waals surface area contributed by atoms with Gasteiger partial charge in [0.1, 0.15) is 18.8 Å². The lowest BCUT2D eigenvalue weighted by Gasteiger charge is -2.30. The Morgan fingerprint density at radius 3 is 2.75 bits per heavy atom. The summed E-state index contributed by atoms with van der Waals surface area (Å²) in [7, 11) is 1.48. The molecule has 2 saturated heterocycles. The van der Waals surface area contributed by atoms with E-state index in [-0.39, 0.29) is 16.2 Å². The maximum Gasteiger partial charge on any atom is 0.295 e. The standard InChI is InChI=1S/C23H24ClN3O5/c1-31-18-5-4-15(13-17(18)24)21(28)19-20(16-3-2-6-25-14-16)27(23(30)22(19)29)8-7-26-9-11-32-12-10-26/h2-6,13-14,20,28H,7-12H2,1H3. The van der Waals surface area contributed by atoms with Crippen LogP contribution in [0.4, 0.5) is 0 Å². The average molecular weight is 458 g/mol. The summed E-state index contributed by atoms with van der Waals surface area (Å²) in [5.41, 5.74) is 0.759. The van der Waals surface area contributed by atoms with Crippen molar-refractivity contribution in [3.05, 3.63) is 64.4 Å². The molecule has 1 unspecified atom stereocenters. The number of pyridine rings is 1. The van der Waals surface area contributed by atoms with Crippen LogP contribution in [0.2, 0.25) is 5.02 Å². The van der Waals surface area contributed by atoms with Crippen LogP contribution in [0.25, 0.3) is 5.76 Å². The number of ether oxygens (including phenoxy) is 2. The lowest BCUT2D eigenvalue weighted by Crippen LogP contribution is -3.14. The van der Waals surface area contributed by atoms with E-state index in [0.717, 1.165) is 13.1 Å². The molecule has 8 nitrogen and oxygen atoms in total. The molecule has 0 aliphatic carbocycles. The number of halogens is 1. The molecule has 0 spiro atoms. The van der Waals surface area contributed by atoms with Gasteiger partial charge < -0.3 is 24.4 Å². The molecule has 9 heteroatoms. The number of benzene rings is 1. The third-order valence-electron chi connectivity index (χ3n) is 5.85. The number of carbonyl (C=O) groups excluding carboxylic acids is 2. The van der Waals surface area contributed by atoms with Gasteiger partial charge in [0.15, 0.2) is 0 Å². The normalized spacial score (nSPS) is 21.2. The van der Waals surface area contributed by atoms with Gasteiger partial charge in [-0.05, 0) is 29.3 Å². The third-order valence-corrected chi connectivity index (χ3v) is 6.15. The second-order valence-corrected chi connectivity index (χ2v) is 8.13. The van der Waals surface area contributed by atoms with Crippen LogP contribution in [0.15, 0.2) is 48.3 Å². The molecule has 1 atom stereocenters. The molecule has 1 aromatic carbocycles. The number of nitrogens with one attached hydrogen (secondary N) is 1. The van der Waals surface area contributed by atoms with Crippen LogP contribution in [0.1, 0.15) is 17.2 Å². The highest BCUT2D eigenvalue weighted by molar-refractivity contribution is 6.46. The topological polar surface area (TPSA) is 96.2 Å². The van der Waals surface area contributed by atoms with Crippen LogP contribution in [0.3, 0.4) is 0 Å². The molecule has 1 amide bonds. The zero-order valence-electron chi connectivity index (χ0n) is 17.7. The SMILES string of the molecule is COc1ccc(C([O-])=C2C(=O)C(=O)N(CC[NH+]3CCOCC3)C2c2cccnc2)cc1Cl. The number of methoxy groups -OCH3 is 1. The molecule has 0 radical (unpaired) electrons. The van der Waals surface area contributed by atoms with Gasteiger partial charge in [0.2, 0.25) is 5.78 Å². The monoisotopic (exact) mass is 457 g/mol. The fourth-order valence-corrected chi connectivity index (χ4v) is 4.39. The van der Waals surface area contributed by atoms with Crippen LogP contribution in [0, 0.1) is 0 Å². The van der Waals surface area contributed by atoms with Crippen molar-refractivity contribution in [1.82, 2.24) is 9.88 Å². The van der Waals surface area contributed by atoms with Gasteiger partial charge >= 0.3 is 0 Å². The van der Waals surface area contributed by atoms with E-state index in [2.05, 4.69) is 4.98 Å². The summed E-state index contributed by atoms with van der Waals surface area (Å²) in [6.45, 7) is 4.03. The van der Waals surface area contributed by atoms with Crippen molar-refractivity contribution in [3.63, 3.8) is 0 Å². The van der Waals surface area contributed by atoms with Gasteiger partial charge in [-0.15, -0.1) is 0 Å². The van der Waals surface area contributed by atoms with Crippen molar-refractivity contribution >= 4 is 29.1 Å². The van der Waals surface area contributed by atoms with E-state index < -0.39 is 23.5 Å². The van der Waals surface area contributed by atoms with Crippen LogP contribution >= 0.6 is 11.6 Å². The second-order valence-electron chi connectivity index (χ2n) is 7.72. The molecule has 0 bridgehead atoms. The predicted molar refractivity (Wildman–Crippen MR) is 115 cm³/mol. The molecular formula is C23H24ClN3O5. The quantitative estimate of drug-likeness (QED) is 0.369. The van der Waals surface area contributed by atoms with Gasteiger partial charge in [0, 0.05) is 18.0 Å². The first-order valence-corrected chi connectivity index (χ1v) is 10.8. The Bertz CT molecular complexity index is 1040. The Labute approximate surface area is 191 Å². The molecule has 2 aliphatic rings. The number of amides is 1. The number of nitrogens with zero attached hydrogens (tertiary/aromatic N) is 2. The number of hydrogen-bond donors (Lipinski definition) is 1. The van der Waals surface area contributed by atoms with Crippen molar-refractivity contribution < 1.29 is 29.1 Å². The minimum Gasteiger partial charge on any atom is -0.872 e. The number of rotatable bonds is 6. The number of likely N-dealkylation sites (tertiary alicyclic amines) is 1. The first-order valence-electron chi connectivity index (χ1n) is 10.4. The fourth-order valence-electron chi connectivity index (χ4n) is 4.14. The summed E-state index contributed by atoms with van der Waals surface area (Å²) in [5, 5.41) is 13.7. The number of Topliss-reactive ketones (excluding diaryl/α,β-unsaturated/α-hetero) is 1. The van der Waals surface area contributed by atoms with E-state index in [1.54, 1.807) is 36.7 Å². The first-order chi connectivity index (χ1) is 15.5. The molecular weight excluding hydrogens is 434 g/mol. The fraction of sp³-hybridized carbons (Fsp3) is 0.348. The van der Waals surface area contributed by atoms with Gasteiger partial charge in [-0.1, -0.05) is 29.5 Å². The Hall–Kier alpha value is -2.94. The highest BCUT2D eigenvalue weighted by Crippen LogP contribution is 2.38. The van der Waals surface area contributed by atoms with Gasteiger partial charge in [-0.3, -0.25) is 14.6 Å². The van der Waals surface area contributed by atoms with Crippen LogP contribution in [-0.2, 0) is 14.3 Å². The summed E-state index contributed by atoms with van der Waals surface area (Å²) < 4.78 is 10.5. The highest BCUT2D eigenvalue weighted by atomic mass is 35.5. The van der Waals surface area contributed by atoms with Crippen molar-refractivity contribution in [2.24, 2.45) is 0 Å². The lowest BCUT2D eigenvalue weighted by atomic mass is 9.96. The van der Waals surface area contributed by atoms with Gasteiger partial charge in [0.05, 0.1) is 44.5 Å². The number of ketones is 1. The van der Waals surface area contributed by atoms with E-state index in [1.807, 2.05) is 0 Å². The Morgan fingerprint density at radius 2 is 2.09 bits per heavy atom. The molecule has 4 rings (SSSR count). The highest BCUT2D eigenvalue weighted by Gasteiger charge is 2.44. The Morgan fingerprint density at radius 1 is 1.31 bits per heavy atom. The molecule has 1 N–H and O–H groups in total. The predicted octanol–water partition coefficient (Wildman–Crippen LogP) is -0.117. The molecule has 3 heterocycles. The number of aromatic nitrogens is 1. The summed E-state index contributed by atoms with van der Waals surface area (Å²) in [6, 6.07) is 7.26. The lowest BCUT2D eigenvalue weighted by molar-refractivity contribution is -0.907. The summed E-state index contributed by atoms with van der Waals surface area (Å²) in [4.78, 5) is 32.9. The maximum absolute atomic E-state index is 13.4. The minimum absolute atomic E-state index is 0.0822. The number of morpholine rings is 1. The van der Waals surface area contributed by atoms with Crippen LogP contribution in [0.5, 0.6) is 5.75 Å². The van der Waals surface area contributed by atoms with Gasteiger partial charge in [-0.2, -0.15) is 0 Å². The average Bonchev–Trinajstić information content (AvgIpc) is 3.08. The molecule has 32 heavy (non-hydrogen) atoms. The second kappa shape index (κ2) is 9.68. The van der Waals surface area contributed by atoms with Crippen molar-refractivity contribution in [3.8, 4) is 5.75 Å². The van der Waals surface area contributed by atoms with Crippen LogP contribution in [-0.4, -0.2) is 68.1 Å². The van der Waals surface area contributed by atoms with Crippen LogP contribution < -0.4 is 14.7 Å². The van der Waals surface area contributed by atoms with E-state index in [9.17, 15) is 14.7 Å². The molecule has 168 valence electrons. The molecule has 2 fully saturated rings. The molecule has 2 aliphatic heterocycles. The van der Waals surface area contributed by atoms with Crippen molar-refractivity contribution in [1.29, 1.82) is 0 Å². The van der Waals surface area contributed by atoms with Gasteiger partial charge in [0.25, 0.3) is 5.91 Å². The zero-order valence-corrected chi connectivity index (χ0v) is 18.4. The largest absolute Gasteiger partial charge is 0.872 e. The minimum atomic E-state index is -0.794. The summed E-state index contributed by atoms with van der Waals surface area (Å²) >= 11 is 6.19. The first kappa shape index (κ1) is 22.3. The molecule has 0 saturated carbocycles. The van der Waals surface area contributed by atoms with E-state index in [0.29, 0.717) is 37.6 Å². The van der Waals surface area contributed by atoms with E-state index in [4.69, 9.17) is 21.1 Å². The summed E-state index contributed by atoms with van der Waals surface area (Å²) in [5.74, 6) is -1.56. The number of hydrogen-bond acceptors (Lipinski definition) is 6. The smallest absolute Gasteiger partial charge is 0.295 e. The summed E-state index contributed by atoms with van der Waals surface area (Å²) in [6.07, 6.45) is 3.19. The third kappa shape index (κ3) is 4.34. The zero-order chi connectivity index (χ0) is 22.7. The van der Waals surface area contributed by atoms with Crippen molar-refractivity contribution in [2.45, 2.75) is 6.04 Å². The molecule has 1 aromatic heterocycles. The Balaban J connectivity index is 1.72. The van der Waals surface area contributed by atoms with Crippen molar-refractivity contribution in [2.75, 3.05) is 46.5 Å². The number of carbonyl (C=O) groups is 2. The number of quaternary nitrogens is 1.